The van der Waals surface area contributed by atoms with Gasteiger partial charge in [-0.3, -0.25) is 4.79 Å². The number of nitrogens with two attached hydrogens (primary N) is 1. The van der Waals surface area contributed by atoms with Gasteiger partial charge in [-0.1, -0.05) is 0 Å². The van der Waals surface area contributed by atoms with E-state index < -0.39 is 9.84 Å². The third-order valence-electron chi connectivity index (χ3n) is 4.81. The third kappa shape index (κ3) is 2.71. The van der Waals surface area contributed by atoms with E-state index in [0.717, 1.165) is 19.4 Å². The average molecular weight is 302 g/mol. The van der Waals surface area contributed by atoms with Gasteiger partial charge in [0.1, 0.15) is 0 Å². The van der Waals surface area contributed by atoms with Crippen LogP contribution in [-0.4, -0.2) is 50.6 Å². The molecule has 0 bridgehead atoms. The van der Waals surface area contributed by atoms with E-state index >= 15 is 0 Å². The quantitative estimate of drug-likeness (QED) is 0.727. The summed E-state index contributed by atoms with van der Waals surface area (Å²) in [4.78, 5) is 12.0. The molecule has 0 aromatic rings. The summed E-state index contributed by atoms with van der Waals surface area (Å²) in [6.45, 7) is 0.737. The van der Waals surface area contributed by atoms with Crippen molar-refractivity contribution in [3.8, 4) is 0 Å². The van der Waals surface area contributed by atoms with E-state index in [4.69, 9.17) is 10.5 Å². The molecule has 1 amide bonds. The van der Waals surface area contributed by atoms with Crippen molar-refractivity contribution in [2.24, 2.45) is 17.6 Å². The van der Waals surface area contributed by atoms with Crippen LogP contribution in [0, 0.1) is 11.8 Å². The summed E-state index contributed by atoms with van der Waals surface area (Å²) in [5.41, 5.74) is 6.09. The number of ether oxygens (including phenoxy) is 1. The van der Waals surface area contributed by atoms with Crippen molar-refractivity contribution < 1.29 is 17.9 Å². The lowest BCUT2D eigenvalue weighted by atomic mass is 9.68. The van der Waals surface area contributed by atoms with Crippen LogP contribution >= 0.6 is 0 Å². The number of sulfone groups is 1. The highest BCUT2D eigenvalue weighted by atomic mass is 32.2. The number of nitrogens with one attached hydrogen (secondary N) is 1. The number of carbonyl (C=O) groups excluding carboxylic acids is 1. The van der Waals surface area contributed by atoms with Gasteiger partial charge in [0.2, 0.25) is 5.91 Å². The Morgan fingerprint density at radius 3 is 2.85 bits per heavy atom. The molecule has 114 valence electrons. The predicted octanol–water partition coefficient (Wildman–Crippen LogP) is -0.568. The van der Waals surface area contributed by atoms with E-state index in [0.29, 0.717) is 12.3 Å². The SMILES string of the molecule is NC1C2CCCOC2C1NC(=O)CC1CCS(=O)(=O)C1. The summed E-state index contributed by atoms with van der Waals surface area (Å²) in [7, 11) is -2.92. The molecule has 0 aromatic carbocycles. The molecule has 3 rings (SSSR count). The second-order valence-electron chi connectivity index (χ2n) is 6.29. The Bertz CT molecular complexity index is 493. The second kappa shape index (κ2) is 5.27. The van der Waals surface area contributed by atoms with Crippen LogP contribution in [-0.2, 0) is 19.4 Å². The van der Waals surface area contributed by atoms with E-state index in [-0.39, 0.29) is 47.9 Å². The lowest BCUT2D eigenvalue weighted by Crippen LogP contribution is -2.72. The Kier molecular flexibility index (Phi) is 3.77. The molecule has 0 spiro atoms. The molecular formula is C13H22N2O4S. The number of rotatable bonds is 3. The first-order valence-electron chi connectivity index (χ1n) is 7.33. The predicted molar refractivity (Wildman–Crippen MR) is 73.7 cm³/mol. The Balaban J connectivity index is 1.50. The van der Waals surface area contributed by atoms with Crippen molar-refractivity contribution in [3.63, 3.8) is 0 Å². The fourth-order valence-corrected chi connectivity index (χ4v) is 5.53. The van der Waals surface area contributed by atoms with Gasteiger partial charge in [0.25, 0.3) is 0 Å². The van der Waals surface area contributed by atoms with E-state index in [1.807, 2.05) is 0 Å². The molecule has 3 fully saturated rings. The van der Waals surface area contributed by atoms with Crippen molar-refractivity contribution in [1.29, 1.82) is 0 Å². The molecule has 3 N–H and O–H groups in total. The Morgan fingerprint density at radius 2 is 2.15 bits per heavy atom. The van der Waals surface area contributed by atoms with Gasteiger partial charge in [-0.05, 0) is 25.2 Å². The van der Waals surface area contributed by atoms with Crippen LogP contribution < -0.4 is 11.1 Å². The van der Waals surface area contributed by atoms with Gasteiger partial charge in [0.15, 0.2) is 9.84 Å². The molecule has 2 aliphatic heterocycles. The fourth-order valence-electron chi connectivity index (χ4n) is 3.67. The van der Waals surface area contributed by atoms with Crippen LogP contribution in [0.5, 0.6) is 0 Å². The number of amides is 1. The molecule has 5 atom stereocenters. The highest BCUT2D eigenvalue weighted by molar-refractivity contribution is 7.91. The number of carbonyl (C=O) groups is 1. The summed E-state index contributed by atoms with van der Waals surface area (Å²) in [5, 5.41) is 2.94. The van der Waals surface area contributed by atoms with Gasteiger partial charge in [0.05, 0.1) is 23.7 Å². The van der Waals surface area contributed by atoms with E-state index in [2.05, 4.69) is 5.32 Å². The molecule has 3 aliphatic rings. The summed E-state index contributed by atoms with van der Waals surface area (Å²) in [5.74, 6) is 0.571. The Labute approximate surface area is 119 Å². The van der Waals surface area contributed by atoms with Crippen LogP contribution in [0.4, 0.5) is 0 Å². The summed E-state index contributed by atoms with van der Waals surface area (Å²) in [6.07, 6.45) is 3.03. The minimum Gasteiger partial charge on any atom is -0.376 e. The molecule has 2 saturated heterocycles. The zero-order valence-electron chi connectivity index (χ0n) is 11.5. The molecule has 2 heterocycles. The first kappa shape index (κ1) is 14.3. The standard InChI is InChI=1S/C13H22N2O4S/c14-11-9-2-1-4-19-13(9)12(11)15-10(16)6-8-3-5-20(17,18)7-8/h8-9,11-13H,1-7,14H2,(H,15,16). The molecule has 20 heavy (non-hydrogen) atoms. The molecule has 0 radical (unpaired) electrons. The number of hydrogen-bond acceptors (Lipinski definition) is 5. The molecule has 5 unspecified atom stereocenters. The highest BCUT2D eigenvalue weighted by Gasteiger charge is 2.51. The van der Waals surface area contributed by atoms with Gasteiger partial charge in [0, 0.05) is 25.0 Å². The Morgan fingerprint density at radius 1 is 1.35 bits per heavy atom. The van der Waals surface area contributed by atoms with Crippen molar-refractivity contribution >= 4 is 15.7 Å². The smallest absolute Gasteiger partial charge is 0.220 e. The summed E-state index contributed by atoms with van der Waals surface area (Å²) in [6, 6.07) is -0.137. The van der Waals surface area contributed by atoms with Gasteiger partial charge in [-0.25, -0.2) is 8.42 Å². The normalized spacial score (nSPS) is 42.5. The largest absolute Gasteiger partial charge is 0.376 e. The minimum atomic E-state index is -2.92. The monoisotopic (exact) mass is 302 g/mol. The zero-order valence-corrected chi connectivity index (χ0v) is 12.3. The first-order chi connectivity index (χ1) is 9.46. The van der Waals surface area contributed by atoms with Crippen LogP contribution in [0.25, 0.3) is 0 Å². The number of hydrogen-bond donors (Lipinski definition) is 2. The topological polar surface area (TPSA) is 98.5 Å². The van der Waals surface area contributed by atoms with Crippen molar-refractivity contribution in [2.45, 2.75) is 43.9 Å². The maximum absolute atomic E-state index is 12.0. The van der Waals surface area contributed by atoms with Crippen LogP contribution in [0.15, 0.2) is 0 Å². The third-order valence-corrected chi connectivity index (χ3v) is 6.64. The zero-order chi connectivity index (χ0) is 14.3. The molecular weight excluding hydrogens is 280 g/mol. The van der Waals surface area contributed by atoms with Crippen LogP contribution in [0.3, 0.4) is 0 Å². The highest BCUT2D eigenvalue weighted by Crippen LogP contribution is 2.37. The van der Waals surface area contributed by atoms with Gasteiger partial charge >= 0.3 is 0 Å². The maximum Gasteiger partial charge on any atom is 0.220 e. The van der Waals surface area contributed by atoms with E-state index in [9.17, 15) is 13.2 Å². The van der Waals surface area contributed by atoms with E-state index in [1.165, 1.54) is 0 Å². The summed E-state index contributed by atoms with van der Waals surface area (Å²) < 4.78 is 28.4. The van der Waals surface area contributed by atoms with Crippen LogP contribution in [0.1, 0.15) is 25.7 Å². The van der Waals surface area contributed by atoms with Gasteiger partial charge in [-0.2, -0.15) is 0 Å². The fraction of sp³-hybridized carbons (Fsp3) is 0.923. The van der Waals surface area contributed by atoms with Gasteiger partial charge < -0.3 is 15.8 Å². The maximum atomic E-state index is 12.0. The lowest BCUT2D eigenvalue weighted by molar-refractivity contribution is -0.139. The minimum absolute atomic E-state index is 0.0310. The van der Waals surface area contributed by atoms with E-state index in [1.54, 1.807) is 0 Å². The van der Waals surface area contributed by atoms with Gasteiger partial charge in [-0.15, -0.1) is 0 Å². The first-order valence-corrected chi connectivity index (χ1v) is 9.15. The molecule has 1 aliphatic carbocycles. The Hall–Kier alpha value is -0.660. The molecule has 7 heteroatoms. The summed E-state index contributed by atoms with van der Waals surface area (Å²) >= 11 is 0. The van der Waals surface area contributed by atoms with Crippen molar-refractivity contribution in [3.05, 3.63) is 0 Å². The molecule has 6 nitrogen and oxygen atoms in total. The number of fused-ring (bicyclic) bond motifs is 1. The second-order valence-corrected chi connectivity index (χ2v) is 8.51. The molecule has 0 aromatic heterocycles. The van der Waals surface area contributed by atoms with Crippen molar-refractivity contribution in [1.82, 2.24) is 5.32 Å². The lowest BCUT2D eigenvalue weighted by Gasteiger charge is -2.52. The molecule has 1 saturated carbocycles. The average Bonchev–Trinajstić information content (AvgIpc) is 2.75. The van der Waals surface area contributed by atoms with Crippen LogP contribution in [0.2, 0.25) is 0 Å². The van der Waals surface area contributed by atoms with Crippen molar-refractivity contribution in [2.75, 3.05) is 18.1 Å².